The van der Waals surface area contributed by atoms with Gasteiger partial charge in [-0.25, -0.2) is 13.2 Å². The average Bonchev–Trinajstić information content (AvgIpc) is 2.65. The highest BCUT2D eigenvalue weighted by molar-refractivity contribution is 6.32. The Labute approximate surface area is 124 Å². The molecule has 0 aliphatic heterocycles. The summed E-state index contributed by atoms with van der Waals surface area (Å²) in [4.78, 5) is 12.1. The summed E-state index contributed by atoms with van der Waals surface area (Å²) in [6.45, 7) is 3.93. The predicted molar refractivity (Wildman–Crippen MR) is 72.0 cm³/mol. The minimum absolute atomic E-state index is 0.285. The molecule has 0 amide bonds. The summed E-state index contributed by atoms with van der Waals surface area (Å²) >= 11 is 6.05. The summed E-state index contributed by atoms with van der Waals surface area (Å²) in [7, 11) is 0. The van der Waals surface area contributed by atoms with E-state index in [2.05, 4.69) is 5.10 Å². The van der Waals surface area contributed by atoms with Crippen molar-refractivity contribution in [2.75, 3.05) is 0 Å². The highest BCUT2D eigenvalue weighted by Crippen LogP contribution is 2.23. The van der Waals surface area contributed by atoms with Gasteiger partial charge in [-0.1, -0.05) is 11.6 Å². The van der Waals surface area contributed by atoms with Crippen molar-refractivity contribution < 1.29 is 18.0 Å². The van der Waals surface area contributed by atoms with E-state index in [1.54, 1.807) is 13.8 Å². The molecule has 21 heavy (non-hydrogen) atoms. The molecule has 1 heterocycles. The first-order valence-electron chi connectivity index (χ1n) is 6.24. The van der Waals surface area contributed by atoms with Gasteiger partial charge in [0.15, 0.2) is 5.78 Å². The molecule has 0 atom stereocenters. The topological polar surface area (TPSA) is 34.9 Å². The molecule has 1 aromatic carbocycles. The maximum atomic E-state index is 13.6. The lowest BCUT2D eigenvalue weighted by Gasteiger charge is -2.07. The largest absolute Gasteiger partial charge is 0.294 e. The van der Waals surface area contributed by atoms with Gasteiger partial charge < -0.3 is 0 Å². The van der Waals surface area contributed by atoms with Crippen LogP contribution in [0.4, 0.5) is 13.2 Å². The standard InChI is InChI=1S/C14H12ClF3N2O/c1-3-20-11(14(15)7(2)19-20)6-12(21)13-9(17)4-8(16)5-10(13)18/h4-5H,3,6H2,1-2H3. The number of ketones is 1. The molecule has 0 fully saturated rings. The fourth-order valence-corrected chi connectivity index (χ4v) is 2.29. The Hall–Kier alpha value is -1.82. The Morgan fingerprint density at radius 3 is 2.38 bits per heavy atom. The second kappa shape index (κ2) is 5.89. The van der Waals surface area contributed by atoms with E-state index in [1.807, 2.05) is 0 Å². The summed E-state index contributed by atoms with van der Waals surface area (Å²) in [5.74, 6) is -4.35. The molecule has 0 saturated carbocycles. The number of halogens is 4. The van der Waals surface area contributed by atoms with E-state index in [1.165, 1.54) is 4.68 Å². The number of benzene rings is 1. The molecule has 2 aromatic rings. The fraction of sp³-hybridized carbons (Fsp3) is 0.286. The molecule has 112 valence electrons. The van der Waals surface area contributed by atoms with Crippen LogP contribution in [0.15, 0.2) is 12.1 Å². The Morgan fingerprint density at radius 2 is 1.86 bits per heavy atom. The summed E-state index contributed by atoms with van der Waals surface area (Å²) in [5, 5.41) is 4.40. The van der Waals surface area contributed by atoms with Crippen LogP contribution in [0.5, 0.6) is 0 Å². The summed E-state index contributed by atoms with van der Waals surface area (Å²) < 4.78 is 41.5. The number of aryl methyl sites for hydroxylation is 2. The summed E-state index contributed by atoms with van der Waals surface area (Å²) in [6, 6.07) is 0.945. The second-order valence-electron chi connectivity index (χ2n) is 4.51. The maximum absolute atomic E-state index is 13.6. The van der Waals surface area contributed by atoms with Gasteiger partial charge in [-0.2, -0.15) is 5.10 Å². The van der Waals surface area contributed by atoms with Crippen molar-refractivity contribution in [2.24, 2.45) is 0 Å². The third-order valence-electron chi connectivity index (χ3n) is 3.07. The van der Waals surface area contributed by atoms with E-state index >= 15 is 0 Å². The molecule has 7 heteroatoms. The van der Waals surface area contributed by atoms with Crippen molar-refractivity contribution >= 4 is 17.4 Å². The molecule has 0 unspecified atom stereocenters. The van der Waals surface area contributed by atoms with Gasteiger partial charge in [0, 0.05) is 18.7 Å². The molecular weight excluding hydrogens is 305 g/mol. The quantitative estimate of drug-likeness (QED) is 0.806. The number of rotatable bonds is 4. The number of hydrogen-bond acceptors (Lipinski definition) is 2. The number of carbonyl (C=O) groups is 1. The van der Waals surface area contributed by atoms with Crippen LogP contribution in [-0.4, -0.2) is 15.6 Å². The minimum atomic E-state index is -1.23. The molecule has 1 aromatic heterocycles. The maximum Gasteiger partial charge on any atom is 0.174 e. The molecule has 0 bridgehead atoms. The third-order valence-corrected chi connectivity index (χ3v) is 3.56. The summed E-state index contributed by atoms with van der Waals surface area (Å²) in [6.07, 6.45) is -0.313. The van der Waals surface area contributed by atoms with Gasteiger partial charge in [0.2, 0.25) is 0 Å². The molecule has 0 radical (unpaired) electrons. The number of Topliss-reactive ketones (excluding diaryl/α,β-unsaturated/α-hetero) is 1. The van der Waals surface area contributed by atoms with Gasteiger partial charge in [-0.3, -0.25) is 9.48 Å². The van der Waals surface area contributed by atoms with Gasteiger partial charge in [0.1, 0.15) is 17.5 Å². The summed E-state index contributed by atoms with van der Waals surface area (Å²) in [5.41, 5.74) is 0.139. The van der Waals surface area contributed by atoms with E-state index in [-0.39, 0.29) is 11.4 Å². The molecule has 0 aliphatic carbocycles. The zero-order valence-electron chi connectivity index (χ0n) is 11.4. The van der Waals surface area contributed by atoms with Crippen molar-refractivity contribution in [3.8, 4) is 0 Å². The molecule has 0 spiro atoms. The second-order valence-corrected chi connectivity index (χ2v) is 4.88. The van der Waals surface area contributed by atoms with Gasteiger partial charge in [0.25, 0.3) is 0 Å². The lowest BCUT2D eigenvalue weighted by atomic mass is 10.0. The van der Waals surface area contributed by atoms with Crippen LogP contribution < -0.4 is 0 Å². The monoisotopic (exact) mass is 316 g/mol. The van der Waals surface area contributed by atoms with Crippen LogP contribution in [-0.2, 0) is 13.0 Å². The van der Waals surface area contributed by atoms with Gasteiger partial charge in [0.05, 0.1) is 28.4 Å². The lowest BCUT2D eigenvalue weighted by molar-refractivity contribution is 0.0982. The Kier molecular flexibility index (Phi) is 4.37. The average molecular weight is 317 g/mol. The van der Waals surface area contributed by atoms with Crippen molar-refractivity contribution in [3.05, 3.63) is 51.6 Å². The van der Waals surface area contributed by atoms with Crippen molar-refractivity contribution in [3.63, 3.8) is 0 Å². The van der Waals surface area contributed by atoms with Gasteiger partial charge >= 0.3 is 0 Å². The molecule has 0 aliphatic rings. The first kappa shape index (κ1) is 15.6. The van der Waals surface area contributed by atoms with Crippen LogP contribution >= 0.6 is 11.6 Å². The third kappa shape index (κ3) is 2.95. The van der Waals surface area contributed by atoms with Crippen LogP contribution in [0.3, 0.4) is 0 Å². The Balaban J connectivity index is 2.40. The molecule has 0 saturated heterocycles. The number of nitrogens with zero attached hydrogens (tertiary/aromatic N) is 2. The first-order valence-corrected chi connectivity index (χ1v) is 6.62. The van der Waals surface area contributed by atoms with E-state index < -0.39 is 28.8 Å². The van der Waals surface area contributed by atoms with E-state index in [0.29, 0.717) is 30.1 Å². The highest BCUT2D eigenvalue weighted by atomic mass is 35.5. The number of aromatic nitrogens is 2. The highest BCUT2D eigenvalue weighted by Gasteiger charge is 2.22. The fourth-order valence-electron chi connectivity index (χ4n) is 2.09. The Bertz CT molecular complexity index is 689. The Morgan fingerprint density at radius 1 is 1.29 bits per heavy atom. The van der Waals surface area contributed by atoms with Crippen molar-refractivity contribution in [1.29, 1.82) is 0 Å². The number of carbonyl (C=O) groups excluding carboxylic acids is 1. The van der Waals surface area contributed by atoms with Crippen LogP contribution in [0, 0.1) is 24.4 Å². The zero-order valence-corrected chi connectivity index (χ0v) is 12.1. The van der Waals surface area contributed by atoms with Crippen molar-refractivity contribution in [1.82, 2.24) is 9.78 Å². The SMILES string of the molecule is CCn1nc(C)c(Cl)c1CC(=O)c1c(F)cc(F)cc1F. The van der Waals surface area contributed by atoms with Gasteiger partial charge in [-0.05, 0) is 13.8 Å². The normalized spacial score (nSPS) is 11.0. The van der Waals surface area contributed by atoms with Gasteiger partial charge in [-0.15, -0.1) is 0 Å². The van der Waals surface area contributed by atoms with E-state index in [9.17, 15) is 18.0 Å². The zero-order chi connectivity index (χ0) is 15.7. The van der Waals surface area contributed by atoms with E-state index in [4.69, 9.17) is 11.6 Å². The molecule has 0 N–H and O–H groups in total. The van der Waals surface area contributed by atoms with E-state index in [0.717, 1.165) is 0 Å². The van der Waals surface area contributed by atoms with Crippen LogP contribution in [0.25, 0.3) is 0 Å². The van der Waals surface area contributed by atoms with Crippen LogP contribution in [0.1, 0.15) is 28.7 Å². The first-order chi connectivity index (χ1) is 9.85. The van der Waals surface area contributed by atoms with Crippen LogP contribution in [0.2, 0.25) is 5.02 Å². The van der Waals surface area contributed by atoms with Crippen molar-refractivity contribution in [2.45, 2.75) is 26.8 Å². The minimum Gasteiger partial charge on any atom is -0.294 e. The molecular formula is C14H12ClF3N2O. The predicted octanol–water partition coefficient (Wildman–Crippen LogP) is 3.71. The molecule has 3 nitrogen and oxygen atoms in total. The number of hydrogen-bond donors (Lipinski definition) is 0. The molecule has 2 rings (SSSR count). The lowest BCUT2D eigenvalue weighted by Crippen LogP contribution is -2.13. The smallest absolute Gasteiger partial charge is 0.174 e.